The fourth-order valence-electron chi connectivity index (χ4n) is 3.88. The van der Waals surface area contributed by atoms with Crippen LogP contribution in [0, 0.1) is 11.3 Å². The van der Waals surface area contributed by atoms with Crippen LogP contribution in [0.5, 0.6) is 0 Å². The summed E-state index contributed by atoms with van der Waals surface area (Å²) in [6.07, 6.45) is 1.46. The summed E-state index contributed by atoms with van der Waals surface area (Å²) >= 11 is 0. The number of anilines is 2. The lowest BCUT2D eigenvalue weighted by atomic mass is 9.90. The zero-order chi connectivity index (χ0) is 20.3. The van der Waals surface area contributed by atoms with Gasteiger partial charge in [0.05, 0.1) is 0 Å². The fourth-order valence-corrected chi connectivity index (χ4v) is 3.88. The second-order valence-corrected chi connectivity index (χ2v) is 9.14. The first kappa shape index (κ1) is 20.6. The van der Waals surface area contributed by atoms with Crippen LogP contribution in [0.1, 0.15) is 33.6 Å². The van der Waals surface area contributed by atoms with Crippen molar-refractivity contribution in [2.24, 2.45) is 11.3 Å². The molecule has 0 spiro atoms. The molecule has 0 bridgehead atoms. The van der Waals surface area contributed by atoms with Crippen LogP contribution in [-0.2, 0) is 9.59 Å². The predicted octanol–water partition coefficient (Wildman–Crippen LogP) is 2.66. The molecule has 3 rings (SSSR count). The van der Waals surface area contributed by atoms with E-state index in [9.17, 15) is 9.59 Å². The highest BCUT2D eigenvalue weighted by atomic mass is 16.2. The molecule has 2 saturated heterocycles. The standard InChI is InChI=1S/C22H34N4O2/c1-22(2,3)21(28)26-11-9-17(10-12-26)20(27)23-18-5-7-19(8-6-18)25-15-13-24(4)14-16-25/h5-8,17H,9-16H2,1-4H3,(H,23,27). The number of nitrogens with one attached hydrogen (secondary N) is 1. The molecule has 28 heavy (non-hydrogen) atoms. The summed E-state index contributed by atoms with van der Waals surface area (Å²) in [6, 6.07) is 8.16. The molecule has 2 amide bonds. The molecule has 0 aromatic heterocycles. The minimum absolute atomic E-state index is 0.0265. The summed E-state index contributed by atoms with van der Waals surface area (Å²) in [5, 5.41) is 3.05. The van der Waals surface area contributed by atoms with Gasteiger partial charge < -0.3 is 20.0 Å². The van der Waals surface area contributed by atoms with E-state index in [1.165, 1.54) is 5.69 Å². The number of hydrogen-bond acceptors (Lipinski definition) is 4. The number of nitrogens with zero attached hydrogens (tertiary/aromatic N) is 3. The number of benzene rings is 1. The van der Waals surface area contributed by atoms with Gasteiger partial charge >= 0.3 is 0 Å². The molecule has 0 unspecified atom stereocenters. The average Bonchev–Trinajstić information content (AvgIpc) is 2.68. The number of likely N-dealkylation sites (N-methyl/N-ethyl adjacent to an activating group) is 1. The normalized spacial score (nSPS) is 19.6. The third-order valence-corrected chi connectivity index (χ3v) is 5.80. The third kappa shape index (κ3) is 5.04. The topological polar surface area (TPSA) is 55.9 Å². The van der Waals surface area contributed by atoms with Gasteiger partial charge in [-0.2, -0.15) is 0 Å². The van der Waals surface area contributed by atoms with Crippen molar-refractivity contribution >= 4 is 23.2 Å². The van der Waals surface area contributed by atoms with Crippen LogP contribution in [0.3, 0.4) is 0 Å². The van der Waals surface area contributed by atoms with Crippen LogP contribution < -0.4 is 10.2 Å². The molecule has 0 radical (unpaired) electrons. The number of amides is 2. The fraction of sp³-hybridized carbons (Fsp3) is 0.636. The highest BCUT2D eigenvalue weighted by molar-refractivity contribution is 5.93. The molecule has 2 aliphatic heterocycles. The number of piperazine rings is 1. The molecule has 2 heterocycles. The van der Waals surface area contributed by atoms with E-state index in [4.69, 9.17) is 0 Å². The molecule has 2 fully saturated rings. The maximum atomic E-state index is 12.6. The molecular formula is C22H34N4O2. The second-order valence-electron chi connectivity index (χ2n) is 9.14. The first-order valence-corrected chi connectivity index (χ1v) is 10.4. The van der Waals surface area contributed by atoms with Crippen LogP contribution in [0.15, 0.2) is 24.3 Å². The number of rotatable bonds is 3. The maximum Gasteiger partial charge on any atom is 0.227 e. The summed E-state index contributed by atoms with van der Waals surface area (Å²) in [6.45, 7) is 11.4. The van der Waals surface area contributed by atoms with Gasteiger partial charge in [-0.15, -0.1) is 0 Å². The predicted molar refractivity (Wildman–Crippen MR) is 114 cm³/mol. The van der Waals surface area contributed by atoms with Crippen molar-refractivity contribution in [1.29, 1.82) is 0 Å². The molecule has 1 N–H and O–H groups in total. The van der Waals surface area contributed by atoms with Crippen molar-refractivity contribution < 1.29 is 9.59 Å². The van der Waals surface area contributed by atoms with E-state index in [1.807, 2.05) is 37.8 Å². The zero-order valence-corrected chi connectivity index (χ0v) is 17.7. The Balaban J connectivity index is 1.49. The molecule has 0 atom stereocenters. The molecule has 154 valence electrons. The Morgan fingerprint density at radius 2 is 1.50 bits per heavy atom. The van der Waals surface area contributed by atoms with E-state index in [1.54, 1.807) is 0 Å². The van der Waals surface area contributed by atoms with Crippen LogP contribution in [0.4, 0.5) is 11.4 Å². The molecule has 0 saturated carbocycles. The van der Waals surface area contributed by atoms with E-state index in [0.29, 0.717) is 13.1 Å². The van der Waals surface area contributed by atoms with Crippen molar-refractivity contribution in [3.05, 3.63) is 24.3 Å². The minimum atomic E-state index is -0.361. The Morgan fingerprint density at radius 1 is 0.929 bits per heavy atom. The average molecular weight is 387 g/mol. The largest absolute Gasteiger partial charge is 0.369 e. The first-order chi connectivity index (χ1) is 13.2. The Hall–Kier alpha value is -2.08. The third-order valence-electron chi connectivity index (χ3n) is 5.80. The van der Waals surface area contributed by atoms with Crippen molar-refractivity contribution in [2.75, 3.05) is 56.5 Å². The van der Waals surface area contributed by atoms with E-state index >= 15 is 0 Å². The Kier molecular flexibility index (Phi) is 6.28. The van der Waals surface area contributed by atoms with E-state index in [-0.39, 0.29) is 23.1 Å². The Morgan fingerprint density at radius 3 is 2.04 bits per heavy atom. The van der Waals surface area contributed by atoms with Crippen LogP contribution in [0.2, 0.25) is 0 Å². The van der Waals surface area contributed by atoms with Gasteiger partial charge in [-0.05, 0) is 44.2 Å². The van der Waals surface area contributed by atoms with Crippen molar-refractivity contribution in [2.45, 2.75) is 33.6 Å². The molecule has 1 aromatic carbocycles. The van der Waals surface area contributed by atoms with Gasteiger partial charge in [0, 0.05) is 62.0 Å². The monoisotopic (exact) mass is 386 g/mol. The minimum Gasteiger partial charge on any atom is -0.369 e. The van der Waals surface area contributed by atoms with Crippen molar-refractivity contribution in [1.82, 2.24) is 9.80 Å². The van der Waals surface area contributed by atoms with Gasteiger partial charge in [0.15, 0.2) is 0 Å². The number of piperidine rings is 1. The summed E-state index contributed by atoms with van der Waals surface area (Å²) in [5.41, 5.74) is 1.69. The highest BCUT2D eigenvalue weighted by Crippen LogP contribution is 2.25. The lowest BCUT2D eigenvalue weighted by Crippen LogP contribution is -2.45. The van der Waals surface area contributed by atoms with E-state index < -0.39 is 0 Å². The second kappa shape index (κ2) is 8.52. The van der Waals surface area contributed by atoms with E-state index in [2.05, 4.69) is 34.3 Å². The highest BCUT2D eigenvalue weighted by Gasteiger charge is 2.32. The lowest BCUT2D eigenvalue weighted by molar-refractivity contribution is -0.142. The summed E-state index contributed by atoms with van der Waals surface area (Å²) in [5.74, 6) is 0.211. The van der Waals surface area contributed by atoms with Gasteiger partial charge in [-0.3, -0.25) is 9.59 Å². The maximum absolute atomic E-state index is 12.6. The molecule has 0 aliphatic carbocycles. The van der Waals surface area contributed by atoms with Gasteiger partial charge in [0.2, 0.25) is 11.8 Å². The summed E-state index contributed by atoms with van der Waals surface area (Å²) < 4.78 is 0. The summed E-state index contributed by atoms with van der Waals surface area (Å²) in [4.78, 5) is 31.6. The molecule has 1 aromatic rings. The van der Waals surface area contributed by atoms with Gasteiger partial charge in [0.1, 0.15) is 0 Å². The Bertz CT molecular complexity index is 679. The van der Waals surface area contributed by atoms with Crippen LogP contribution >= 0.6 is 0 Å². The molecule has 6 heteroatoms. The van der Waals surface area contributed by atoms with Crippen molar-refractivity contribution in [3.8, 4) is 0 Å². The first-order valence-electron chi connectivity index (χ1n) is 10.4. The molecule has 6 nitrogen and oxygen atoms in total. The van der Waals surface area contributed by atoms with Crippen LogP contribution in [0.25, 0.3) is 0 Å². The zero-order valence-electron chi connectivity index (χ0n) is 17.7. The summed E-state index contributed by atoms with van der Waals surface area (Å²) in [7, 11) is 2.15. The smallest absolute Gasteiger partial charge is 0.227 e. The van der Waals surface area contributed by atoms with Gasteiger partial charge in [-0.1, -0.05) is 20.8 Å². The van der Waals surface area contributed by atoms with Crippen molar-refractivity contribution in [3.63, 3.8) is 0 Å². The quantitative estimate of drug-likeness (QED) is 0.868. The number of hydrogen-bond donors (Lipinski definition) is 1. The van der Waals surface area contributed by atoms with Gasteiger partial charge in [0.25, 0.3) is 0 Å². The van der Waals surface area contributed by atoms with Crippen LogP contribution in [-0.4, -0.2) is 67.9 Å². The van der Waals surface area contributed by atoms with E-state index in [0.717, 1.165) is 44.7 Å². The number of likely N-dealkylation sites (tertiary alicyclic amines) is 1. The number of carbonyl (C=O) groups is 2. The Labute approximate surface area is 168 Å². The molecular weight excluding hydrogens is 352 g/mol. The number of carbonyl (C=O) groups excluding carboxylic acids is 2. The lowest BCUT2D eigenvalue weighted by Gasteiger charge is -2.35. The SMILES string of the molecule is CN1CCN(c2ccc(NC(=O)C3CCN(C(=O)C(C)(C)C)CC3)cc2)CC1. The molecule has 2 aliphatic rings. The van der Waals surface area contributed by atoms with Gasteiger partial charge in [-0.25, -0.2) is 0 Å².